The standard InChI is InChI=1S/C12H18O/c1-2-3-5-8-11-9-6-4-7-10-12(11)13/h1,11H,3-10H2. The van der Waals surface area contributed by atoms with Crippen LogP contribution in [0.25, 0.3) is 0 Å². The highest BCUT2D eigenvalue weighted by atomic mass is 16.1. The van der Waals surface area contributed by atoms with Crippen molar-refractivity contribution in [2.24, 2.45) is 5.92 Å². The van der Waals surface area contributed by atoms with Crippen LogP contribution in [0.4, 0.5) is 0 Å². The van der Waals surface area contributed by atoms with Gasteiger partial charge in [-0.05, 0) is 25.7 Å². The monoisotopic (exact) mass is 178 g/mol. The van der Waals surface area contributed by atoms with E-state index in [1.54, 1.807) is 0 Å². The molecule has 0 heterocycles. The summed E-state index contributed by atoms with van der Waals surface area (Å²) in [4.78, 5) is 11.6. The Morgan fingerprint density at radius 1 is 1.38 bits per heavy atom. The van der Waals surface area contributed by atoms with E-state index in [0.717, 1.165) is 38.5 Å². The maximum Gasteiger partial charge on any atom is 0.135 e. The van der Waals surface area contributed by atoms with Crippen molar-refractivity contribution in [3.8, 4) is 12.3 Å². The van der Waals surface area contributed by atoms with Crippen molar-refractivity contribution in [1.29, 1.82) is 0 Å². The molecule has 72 valence electrons. The first-order valence-electron chi connectivity index (χ1n) is 5.31. The molecule has 1 heteroatoms. The third-order valence-corrected chi connectivity index (χ3v) is 2.80. The van der Waals surface area contributed by atoms with Crippen molar-refractivity contribution >= 4 is 5.78 Å². The third-order valence-electron chi connectivity index (χ3n) is 2.80. The zero-order chi connectivity index (χ0) is 9.52. The molecule has 1 unspecified atom stereocenters. The molecular formula is C12H18O. The van der Waals surface area contributed by atoms with Crippen LogP contribution >= 0.6 is 0 Å². The van der Waals surface area contributed by atoms with Gasteiger partial charge in [-0.3, -0.25) is 4.79 Å². The summed E-state index contributed by atoms with van der Waals surface area (Å²) in [6.45, 7) is 0. The van der Waals surface area contributed by atoms with Gasteiger partial charge in [0.15, 0.2) is 0 Å². The first-order valence-corrected chi connectivity index (χ1v) is 5.31. The second-order valence-corrected chi connectivity index (χ2v) is 3.86. The Balaban J connectivity index is 2.29. The summed E-state index contributed by atoms with van der Waals surface area (Å²) in [6.07, 6.45) is 13.5. The number of carbonyl (C=O) groups is 1. The molecule has 0 spiro atoms. The largest absolute Gasteiger partial charge is 0.299 e. The highest BCUT2D eigenvalue weighted by Gasteiger charge is 2.19. The van der Waals surface area contributed by atoms with Crippen LogP contribution in [0.1, 0.15) is 51.4 Å². The fourth-order valence-electron chi connectivity index (χ4n) is 1.99. The van der Waals surface area contributed by atoms with E-state index in [1.807, 2.05) is 0 Å². The minimum absolute atomic E-state index is 0.329. The van der Waals surface area contributed by atoms with Crippen LogP contribution in [0, 0.1) is 18.3 Å². The lowest BCUT2D eigenvalue weighted by molar-refractivity contribution is -0.122. The number of unbranched alkanes of at least 4 members (excludes halogenated alkanes) is 1. The van der Waals surface area contributed by atoms with E-state index in [0.29, 0.717) is 11.7 Å². The summed E-state index contributed by atoms with van der Waals surface area (Å²) in [6, 6.07) is 0. The average molecular weight is 178 g/mol. The zero-order valence-corrected chi connectivity index (χ0v) is 8.22. The molecule has 0 radical (unpaired) electrons. The van der Waals surface area contributed by atoms with Gasteiger partial charge in [-0.1, -0.05) is 12.8 Å². The first kappa shape index (κ1) is 10.3. The van der Waals surface area contributed by atoms with E-state index in [4.69, 9.17) is 6.42 Å². The van der Waals surface area contributed by atoms with Gasteiger partial charge in [0, 0.05) is 18.8 Å². The number of terminal acetylenes is 1. The lowest BCUT2D eigenvalue weighted by Crippen LogP contribution is -2.12. The number of Topliss-reactive ketones (excluding diaryl/α,β-unsaturated/α-hetero) is 1. The van der Waals surface area contributed by atoms with Crippen molar-refractivity contribution in [2.75, 3.05) is 0 Å². The summed E-state index contributed by atoms with van der Waals surface area (Å²) in [5.74, 6) is 3.44. The fourth-order valence-corrected chi connectivity index (χ4v) is 1.99. The highest BCUT2D eigenvalue weighted by molar-refractivity contribution is 5.81. The number of hydrogen-bond acceptors (Lipinski definition) is 1. The number of ketones is 1. The zero-order valence-electron chi connectivity index (χ0n) is 8.22. The van der Waals surface area contributed by atoms with E-state index in [2.05, 4.69) is 5.92 Å². The van der Waals surface area contributed by atoms with Crippen LogP contribution in [0.2, 0.25) is 0 Å². The average Bonchev–Trinajstić information content (AvgIpc) is 2.32. The maximum atomic E-state index is 11.6. The molecule has 1 aliphatic carbocycles. The van der Waals surface area contributed by atoms with Crippen LogP contribution in [0.5, 0.6) is 0 Å². The van der Waals surface area contributed by atoms with Crippen molar-refractivity contribution in [3.05, 3.63) is 0 Å². The van der Waals surface area contributed by atoms with Gasteiger partial charge in [0.05, 0.1) is 0 Å². The summed E-state index contributed by atoms with van der Waals surface area (Å²) < 4.78 is 0. The molecule has 0 aromatic rings. The molecule has 1 atom stereocenters. The van der Waals surface area contributed by atoms with E-state index in [1.165, 1.54) is 12.8 Å². The minimum atomic E-state index is 0.329. The smallest absolute Gasteiger partial charge is 0.135 e. The Kier molecular flexibility index (Phi) is 4.60. The molecule has 0 N–H and O–H groups in total. The summed E-state index contributed by atoms with van der Waals surface area (Å²) in [7, 11) is 0. The van der Waals surface area contributed by atoms with Crippen molar-refractivity contribution in [3.63, 3.8) is 0 Å². The molecule has 1 aliphatic rings. The van der Waals surface area contributed by atoms with Crippen LogP contribution in [-0.4, -0.2) is 5.78 Å². The molecule has 1 nitrogen and oxygen atoms in total. The molecule has 0 aliphatic heterocycles. The Morgan fingerprint density at radius 3 is 3.00 bits per heavy atom. The minimum Gasteiger partial charge on any atom is -0.299 e. The van der Waals surface area contributed by atoms with Crippen LogP contribution in [-0.2, 0) is 4.79 Å². The van der Waals surface area contributed by atoms with Crippen LogP contribution < -0.4 is 0 Å². The van der Waals surface area contributed by atoms with E-state index >= 15 is 0 Å². The Labute approximate surface area is 80.9 Å². The van der Waals surface area contributed by atoms with Gasteiger partial charge in [-0.15, -0.1) is 12.3 Å². The van der Waals surface area contributed by atoms with Crippen molar-refractivity contribution < 1.29 is 4.79 Å². The second kappa shape index (κ2) is 5.80. The molecule has 13 heavy (non-hydrogen) atoms. The van der Waals surface area contributed by atoms with E-state index in [-0.39, 0.29) is 0 Å². The number of rotatable bonds is 3. The van der Waals surface area contributed by atoms with Crippen molar-refractivity contribution in [1.82, 2.24) is 0 Å². The SMILES string of the molecule is C#CCCCC1CCCCCC1=O. The molecule has 1 fully saturated rings. The normalized spacial score (nSPS) is 23.6. The van der Waals surface area contributed by atoms with E-state index in [9.17, 15) is 4.79 Å². The van der Waals surface area contributed by atoms with Gasteiger partial charge in [-0.2, -0.15) is 0 Å². The van der Waals surface area contributed by atoms with Crippen molar-refractivity contribution in [2.45, 2.75) is 51.4 Å². The summed E-state index contributed by atoms with van der Waals surface area (Å²) in [5, 5.41) is 0. The summed E-state index contributed by atoms with van der Waals surface area (Å²) >= 11 is 0. The van der Waals surface area contributed by atoms with Gasteiger partial charge in [-0.25, -0.2) is 0 Å². The predicted molar refractivity (Wildman–Crippen MR) is 54.3 cm³/mol. The van der Waals surface area contributed by atoms with Gasteiger partial charge >= 0.3 is 0 Å². The molecule has 0 aromatic heterocycles. The number of carbonyl (C=O) groups excluding carboxylic acids is 1. The predicted octanol–water partition coefficient (Wildman–Crippen LogP) is 2.94. The quantitative estimate of drug-likeness (QED) is 0.369. The molecule has 0 aromatic carbocycles. The van der Waals surface area contributed by atoms with Crippen LogP contribution in [0.3, 0.4) is 0 Å². The Hall–Kier alpha value is -0.770. The lowest BCUT2D eigenvalue weighted by atomic mass is 9.93. The first-order chi connectivity index (χ1) is 6.34. The van der Waals surface area contributed by atoms with Crippen LogP contribution in [0.15, 0.2) is 0 Å². The van der Waals surface area contributed by atoms with Gasteiger partial charge in [0.25, 0.3) is 0 Å². The summed E-state index contributed by atoms with van der Waals surface area (Å²) in [5.41, 5.74) is 0. The topological polar surface area (TPSA) is 17.1 Å². The molecule has 0 bridgehead atoms. The molecule has 1 saturated carbocycles. The van der Waals surface area contributed by atoms with Gasteiger partial charge in [0.1, 0.15) is 5.78 Å². The molecular weight excluding hydrogens is 160 g/mol. The Morgan fingerprint density at radius 2 is 2.23 bits per heavy atom. The van der Waals surface area contributed by atoms with Gasteiger partial charge in [0.2, 0.25) is 0 Å². The fraction of sp³-hybridized carbons (Fsp3) is 0.750. The highest BCUT2D eigenvalue weighted by Crippen LogP contribution is 2.24. The third kappa shape index (κ3) is 3.63. The molecule has 1 rings (SSSR count). The van der Waals surface area contributed by atoms with Gasteiger partial charge < -0.3 is 0 Å². The van der Waals surface area contributed by atoms with E-state index < -0.39 is 0 Å². The Bertz CT molecular complexity index is 200. The number of hydrogen-bond donors (Lipinski definition) is 0. The molecule has 0 amide bonds. The second-order valence-electron chi connectivity index (χ2n) is 3.86. The molecule has 0 saturated heterocycles. The lowest BCUT2D eigenvalue weighted by Gasteiger charge is -2.10. The maximum absolute atomic E-state index is 11.6.